The van der Waals surface area contributed by atoms with Crippen molar-refractivity contribution in [3.63, 3.8) is 0 Å². The summed E-state index contributed by atoms with van der Waals surface area (Å²) in [6.07, 6.45) is 0.947. The number of aryl methyl sites for hydroxylation is 2. The second-order valence-corrected chi connectivity index (χ2v) is 7.61. The van der Waals surface area contributed by atoms with Gasteiger partial charge in [-0.15, -0.1) is 11.8 Å². The molecule has 0 aromatic heterocycles. The van der Waals surface area contributed by atoms with E-state index in [1.807, 2.05) is 38.1 Å². The average molecular weight is 382 g/mol. The van der Waals surface area contributed by atoms with E-state index in [0.29, 0.717) is 5.69 Å². The molecule has 0 spiro atoms. The third-order valence-electron chi connectivity index (χ3n) is 4.54. The highest BCUT2D eigenvalue weighted by molar-refractivity contribution is 8.01. The maximum Gasteiger partial charge on any atom is 0.247 e. The van der Waals surface area contributed by atoms with Crippen LogP contribution in [-0.4, -0.2) is 28.7 Å². The van der Waals surface area contributed by atoms with E-state index in [2.05, 4.69) is 5.32 Å². The second kappa shape index (κ2) is 8.39. The Balaban J connectivity index is 1.62. The van der Waals surface area contributed by atoms with E-state index in [9.17, 15) is 14.4 Å². The predicted molar refractivity (Wildman–Crippen MR) is 109 cm³/mol. The van der Waals surface area contributed by atoms with Gasteiger partial charge in [-0.25, -0.2) is 4.90 Å². The van der Waals surface area contributed by atoms with E-state index in [-0.39, 0.29) is 29.9 Å². The summed E-state index contributed by atoms with van der Waals surface area (Å²) >= 11 is 1.22. The minimum Gasteiger partial charge on any atom is -0.325 e. The van der Waals surface area contributed by atoms with E-state index in [0.717, 1.165) is 23.2 Å². The number of para-hydroxylation sites is 2. The fraction of sp³-hybridized carbons (Fsp3) is 0.286. The summed E-state index contributed by atoms with van der Waals surface area (Å²) in [7, 11) is 0. The topological polar surface area (TPSA) is 66.5 Å². The van der Waals surface area contributed by atoms with Crippen LogP contribution in [0.25, 0.3) is 0 Å². The standard InChI is InChI=1S/C21H22N2O3S/c1-3-15-9-7-8-14(2)20(15)22-18(24)13-27-17-12-19(25)23(21(17)26)16-10-5-4-6-11-16/h4-11,17H,3,12-13H2,1-2H3,(H,22,24)/t17-/m1/s1. The van der Waals surface area contributed by atoms with Crippen molar-refractivity contribution in [2.24, 2.45) is 0 Å². The van der Waals surface area contributed by atoms with Crippen molar-refractivity contribution < 1.29 is 14.4 Å². The van der Waals surface area contributed by atoms with Gasteiger partial charge in [0.2, 0.25) is 17.7 Å². The molecule has 3 amide bonds. The van der Waals surface area contributed by atoms with Gasteiger partial charge in [0.1, 0.15) is 0 Å². The van der Waals surface area contributed by atoms with Crippen LogP contribution >= 0.6 is 11.8 Å². The number of hydrogen-bond acceptors (Lipinski definition) is 4. The zero-order chi connectivity index (χ0) is 19.4. The minimum absolute atomic E-state index is 0.121. The van der Waals surface area contributed by atoms with Gasteiger partial charge in [-0.3, -0.25) is 14.4 Å². The molecule has 2 aromatic rings. The van der Waals surface area contributed by atoms with Crippen LogP contribution in [0.2, 0.25) is 0 Å². The van der Waals surface area contributed by atoms with Crippen LogP contribution < -0.4 is 10.2 Å². The van der Waals surface area contributed by atoms with Crippen LogP contribution in [0.15, 0.2) is 48.5 Å². The summed E-state index contributed by atoms with van der Waals surface area (Å²) in [5.41, 5.74) is 3.50. The molecule has 1 aliphatic heterocycles. The van der Waals surface area contributed by atoms with Crippen LogP contribution in [-0.2, 0) is 20.8 Å². The molecule has 3 rings (SSSR count). The summed E-state index contributed by atoms with van der Waals surface area (Å²) < 4.78 is 0. The van der Waals surface area contributed by atoms with Crippen molar-refractivity contribution in [3.05, 3.63) is 59.7 Å². The number of imide groups is 1. The second-order valence-electron chi connectivity index (χ2n) is 6.42. The minimum atomic E-state index is -0.522. The Hall–Kier alpha value is -2.60. The highest BCUT2D eigenvalue weighted by Crippen LogP contribution is 2.30. The number of benzene rings is 2. The number of carbonyl (C=O) groups excluding carboxylic acids is 3. The summed E-state index contributed by atoms with van der Waals surface area (Å²) in [6, 6.07) is 14.8. The number of thioether (sulfide) groups is 1. The molecule has 6 heteroatoms. The molecule has 1 aliphatic rings. The Morgan fingerprint density at radius 1 is 1.15 bits per heavy atom. The van der Waals surface area contributed by atoms with Crippen LogP contribution in [0.1, 0.15) is 24.5 Å². The number of rotatable bonds is 6. The highest BCUT2D eigenvalue weighted by atomic mass is 32.2. The molecule has 140 valence electrons. The molecule has 5 nitrogen and oxygen atoms in total. The number of anilines is 2. The predicted octanol–water partition coefficient (Wildman–Crippen LogP) is 3.56. The Bertz CT molecular complexity index is 867. The number of amides is 3. The third-order valence-corrected chi connectivity index (χ3v) is 5.74. The van der Waals surface area contributed by atoms with E-state index in [1.165, 1.54) is 16.7 Å². The number of nitrogens with one attached hydrogen (secondary N) is 1. The first-order chi connectivity index (χ1) is 13.0. The summed E-state index contributed by atoms with van der Waals surface area (Å²) in [6.45, 7) is 4.00. The van der Waals surface area contributed by atoms with Crippen molar-refractivity contribution in [2.45, 2.75) is 31.9 Å². The zero-order valence-corrected chi connectivity index (χ0v) is 16.2. The Labute approximate surface area is 163 Å². The smallest absolute Gasteiger partial charge is 0.247 e. The average Bonchev–Trinajstić information content (AvgIpc) is 2.95. The molecule has 27 heavy (non-hydrogen) atoms. The zero-order valence-electron chi connectivity index (χ0n) is 15.4. The van der Waals surface area contributed by atoms with Crippen LogP contribution in [0.4, 0.5) is 11.4 Å². The maximum atomic E-state index is 12.6. The molecule has 1 N–H and O–H groups in total. The lowest BCUT2D eigenvalue weighted by Gasteiger charge is -2.15. The first-order valence-corrected chi connectivity index (χ1v) is 9.98. The monoisotopic (exact) mass is 382 g/mol. The van der Waals surface area contributed by atoms with Crippen molar-refractivity contribution in [2.75, 3.05) is 16.0 Å². The molecule has 0 saturated carbocycles. The van der Waals surface area contributed by atoms with Crippen molar-refractivity contribution in [3.8, 4) is 0 Å². The van der Waals surface area contributed by atoms with E-state index < -0.39 is 5.25 Å². The molecule has 0 unspecified atom stereocenters. The van der Waals surface area contributed by atoms with E-state index >= 15 is 0 Å². The fourth-order valence-corrected chi connectivity index (χ4v) is 4.07. The molecule has 0 aliphatic carbocycles. The van der Waals surface area contributed by atoms with Gasteiger partial charge in [0.25, 0.3) is 0 Å². The lowest BCUT2D eigenvalue weighted by molar-refractivity contribution is -0.121. The van der Waals surface area contributed by atoms with Gasteiger partial charge in [-0.05, 0) is 36.6 Å². The Morgan fingerprint density at radius 3 is 2.59 bits per heavy atom. The van der Waals surface area contributed by atoms with Crippen molar-refractivity contribution in [1.29, 1.82) is 0 Å². The van der Waals surface area contributed by atoms with Crippen molar-refractivity contribution >= 4 is 40.9 Å². The van der Waals surface area contributed by atoms with Crippen LogP contribution in [0.5, 0.6) is 0 Å². The molecule has 0 bridgehead atoms. The van der Waals surface area contributed by atoms with E-state index in [1.54, 1.807) is 24.3 Å². The largest absolute Gasteiger partial charge is 0.325 e. The quantitative estimate of drug-likeness (QED) is 0.776. The number of carbonyl (C=O) groups is 3. The molecule has 1 saturated heterocycles. The molecule has 1 heterocycles. The van der Waals surface area contributed by atoms with Gasteiger partial charge < -0.3 is 5.32 Å². The summed E-state index contributed by atoms with van der Waals surface area (Å²) in [4.78, 5) is 38.4. The lowest BCUT2D eigenvalue weighted by atomic mass is 10.1. The number of nitrogens with zero attached hydrogens (tertiary/aromatic N) is 1. The number of hydrogen-bond donors (Lipinski definition) is 1. The lowest BCUT2D eigenvalue weighted by Crippen LogP contribution is -2.31. The first kappa shape index (κ1) is 19.2. The summed E-state index contributed by atoms with van der Waals surface area (Å²) in [5.74, 6) is -0.517. The van der Waals surface area contributed by atoms with Gasteiger partial charge in [0, 0.05) is 12.1 Å². The van der Waals surface area contributed by atoms with E-state index in [4.69, 9.17) is 0 Å². The van der Waals surface area contributed by atoms with Crippen LogP contribution in [0, 0.1) is 6.92 Å². The van der Waals surface area contributed by atoms with Gasteiger partial charge >= 0.3 is 0 Å². The normalized spacial score (nSPS) is 16.7. The molecule has 1 atom stereocenters. The van der Waals surface area contributed by atoms with Crippen molar-refractivity contribution in [1.82, 2.24) is 0 Å². The summed E-state index contributed by atoms with van der Waals surface area (Å²) in [5, 5.41) is 2.43. The van der Waals surface area contributed by atoms with Gasteiger partial charge in [-0.2, -0.15) is 0 Å². The Kier molecular flexibility index (Phi) is 5.96. The SMILES string of the molecule is CCc1cccc(C)c1NC(=O)CS[C@@H]1CC(=O)N(c2ccccc2)C1=O. The third kappa shape index (κ3) is 4.22. The van der Waals surface area contributed by atoms with Crippen LogP contribution in [0.3, 0.4) is 0 Å². The Morgan fingerprint density at radius 2 is 1.89 bits per heavy atom. The molecular weight excluding hydrogens is 360 g/mol. The first-order valence-electron chi connectivity index (χ1n) is 8.93. The molecular formula is C21H22N2O3S. The maximum absolute atomic E-state index is 12.6. The van der Waals surface area contributed by atoms with Gasteiger partial charge in [0.05, 0.1) is 16.7 Å². The fourth-order valence-electron chi connectivity index (χ4n) is 3.14. The van der Waals surface area contributed by atoms with Gasteiger partial charge in [0.15, 0.2) is 0 Å². The highest BCUT2D eigenvalue weighted by Gasteiger charge is 2.39. The molecule has 0 radical (unpaired) electrons. The van der Waals surface area contributed by atoms with Gasteiger partial charge in [-0.1, -0.05) is 43.3 Å². The molecule has 2 aromatic carbocycles. The molecule has 1 fully saturated rings.